The van der Waals surface area contributed by atoms with E-state index in [4.69, 9.17) is 5.73 Å². The molecule has 1 aliphatic rings. The highest BCUT2D eigenvalue weighted by Crippen LogP contribution is 2.23. The third kappa shape index (κ3) is 3.50. The maximum Gasteiger partial charge on any atom is 0.107 e. The van der Waals surface area contributed by atoms with E-state index in [1.165, 1.54) is 47.9 Å². The summed E-state index contributed by atoms with van der Waals surface area (Å²) < 4.78 is 0. The fourth-order valence-electron chi connectivity index (χ4n) is 2.56. The molecule has 1 aromatic heterocycles. The first-order valence-corrected chi connectivity index (χ1v) is 7.36. The maximum absolute atomic E-state index is 5.65. The summed E-state index contributed by atoms with van der Waals surface area (Å²) in [5, 5.41) is 1.27. The molecule has 1 atom stereocenters. The molecule has 1 aromatic rings. The summed E-state index contributed by atoms with van der Waals surface area (Å²) in [5.41, 5.74) is 6.85. The SMILES string of the molecule is Cc1nc(CN2CCCC(CCN)C2)sc1C. The van der Waals surface area contributed by atoms with Gasteiger partial charge in [-0.1, -0.05) is 0 Å². The number of likely N-dealkylation sites (tertiary alicyclic amines) is 1. The van der Waals surface area contributed by atoms with E-state index < -0.39 is 0 Å². The van der Waals surface area contributed by atoms with Crippen molar-refractivity contribution in [2.75, 3.05) is 19.6 Å². The first-order chi connectivity index (χ1) is 8.19. The molecular weight excluding hydrogens is 230 g/mol. The highest BCUT2D eigenvalue weighted by atomic mass is 32.1. The molecule has 0 bridgehead atoms. The lowest BCUT2D eigenvalue weighted by Gasteiger charge is -2.31. The molecule has 0 aliphatic carbocycles. The van der Waals surface area contributed by atoms with Crippen molar-refractivity contribution in [3.8, 4) is 0 Å². The molecule has 0 spiro atoms. The Balaban J connectivity index is 1.90. The van der Waals surface area contributed by atoms with Crippen molar-refractivity contribution in [2.45, 2.75) is 39.7 Å². The molecule has 2 N–H and O–H groups in total. The number of nitrogens with zero attached hydrogens (tertiary/aromatic N) is 2. The van der Waals surface area contributed by atoms with Crippen LogP contribution < -0.4 is 5.73 Å². The summed E-state index contributed by atoms with van der Waals surface area (Å²) in [7, 11) is 0. The lowest BCUT2D eigenvalue weighted by molar-refractivity contribution is 0.163. The number of thiazole rings is 1. The molecule has 3 nitrogen and oxygen atoms in total. The van der Waals surface area contributed by atoms with Crippen LogP contribution in [0, 0.1) is 19.8 Å². The average Bonchev–Trinajstić information content (AvgIpc) is 2.59. The standard InChI is InChI=1S/C13H23N3S/c1-10-11(2)17-13(15-10)9-16-7-3-4-12(8-16)5-6-14/h12H,3-9,14H2,1-2H3. The Hall–Kier alpha value is -0.450. The third-order valence-electron chi connectivity index (χ3n) is 3.61. The van der Waals surface area contributed by atoms with Gasteiger partial charge in [0.1, 0.15) is 5.01 Å². The van der Waals surface area contributed by atoms with Gasteiger partial charge in [-0.15, -0.1) is 11.3 Å². The topological polar surface area (TPSA) is 42.2 Å². The average molecular weight is 253 g/mol. The number of aryl methyl sites for hydroxylation is 2. The first kappa shape index (κ1) is 13.0. The Morgan fingerprint density at radius 1 is 1.47 bits per heavy atom. The Morgan fingerprint density at radius 2 is 2.29 bits per heavy atom. The first-order valence-electron chi connectivity index (χ1n) is 6.54. The van der Waals surface area contributed by atoms with Crippen molar-refractivity contribution in [1.29, 1.82) is 0 Å². The van der Waals surface area contributed by atoms with Crippen molar-refractivity contribution in [2.24, 2.45) is 11.7 Å². The minimum Gasteiger partial charge on any atom is -0.330 e. The van der Waals surface area contributed by atoms with E-state index in [0.717, 1.165) is 19.0 Å². The minimum absolute atomic E-state index is 0.802. The number of aromatic nitrogens is 1. The fraction of sp³-hybridized carbons (Fsp3) is 0.769. The van der Waals surface area contributed by atoms with Crippen LogP contribution in [0.25, 0.3) is 0 Å². The van der Waals surface area contributed by atoms with Crippen LogP contribution in [0.5, 0.6) is 0 Å². The van der Waals surface area contributed by atoms with Crippen LogP contribution >= 0.6 is 11.3 Å². The highest BCUT2D eigenvalue weighted by molar-refractivity contribution is 7.11. The fourth-order valence-corrected chi connectivity index (χ4v) is 3.54. The van der Waals surface area contributed by atoms with Crippen LogP contribution in [0.1, 0.15) is 34.8 Å². The molecule has 17 heavy (non-hydrogen) atoms. The van der Waals surface area contributed by atoms with E-state index in [1.807, 2.05) is 11.3 Å². The van der Waals surface area contributed by atoms with Crippen molar-refractivity contribution in [3.63, 3.8) is 0 Å². The van der Waals surface area contributed by atoms with Gasteiger partial charge in [0.05, 0.1) is 12.2 Å². The number of piperidine rings is 1. The predicted molar refractivity (Wildman–Crippen MR) is 73.3 cm³/mol. The van der Waals surface area contributed by atoms with Crippen molar-refractivity contribution < 1.29 is 0 Å². The van der Waals surface area contributed by atoms with Gasteiger partial charge in [-0.2, -0.15) is 0 Å². The van der Waals surface area contributed by atoms with Crippen LogP contribution in [0.2, 0.25) is 0 Å². The molecule has 2 heterocycles. The second-order valence-electron chi connectivity index (χ2n) is 5.07. The molecule has 0 radical (unpaired) electrons. The van der Waals surface area contributed by atoms with E-state index in [0.29, 0.717) is 0 Å². The van der Waals surface area contributed by atoms with Crippen LogP contribution in [-0.2, 0) is 6.54 Å². The largest absolute Gasteiger partial charge is 0.330 e. The second-order valence-corrected chi connectivity index (χ2v) is 6.36. The van der Waals surface area contributed by atoms with E-state index >= 15 is 0 Å². The lowest BCUT2D eigenvalue weighted by Crippen LogP contribution is -2.35. The third-order valence-corrected chi connectivity index (χ3v) is 4.67. The monoisotopic (exact) mass is 253 g/mol. The van der Waals surface area contributed by atoms with Gasteiger partial charge in [-0.3, -0.25) is 4.90 Å². The van der Waals surface area contributed by atoms with Gasteiger partial charge in [0.2, 0.25) is 0 Å². The van der Waals surface area contributed by atoms with Crippen LogP contribution in [0.4, 0.5) is 0 Å². The predicted octanol–water partition coefficient (Wildman–Crippen LogP) is 2.32. The smallest absolute Gasteiger partial charge is 0.107 e. The zero-order valence-electron chi connectivity index (χ0n) is 10.9. The van der Waals surface area contributed by atoms with Crippen LogP contribution in [0.3, 0.4) is 0 Å². The molecule has 4 heteroatoms. The zero-order chi connectivity index (χ0) is 12.3. The Morgan fingerprint density at radius 3 is 2.94 bits per heavy atom. The van der Waals surface area contributed by atoms with Gasteiger partial charge < -0.3 is 5.73 Å². The number of hydrogen-bond acceptors (Lipinski definition) is 4. The van der Waals surface area contributed by atoms with Crippen LogP contribution in [0.15, 0.2) is 0 Å². The van der Waals surface area contributed by atoms with Gasteiger partial charge in [0, 0.05) is 11.4 Å². The normalized spacial score (nSPS) is 21.9. The summed E-state index contributed by atoms with van der Waals surface area (Å²) in [4.78, 5) is 8.53. The van der Waals surface area contributed by atoms with E-state index in [-0.39, 0.29) is 0 Å². The maximum atomic E-state index is 5.65. The Labute approximate surface area is 108 Å². The van der Waals surface area contributed by atoms with Crippen molar-refractivity contribution in [1.82, 2.24) is 9.88 Å². The molecule has 96 valence electrons. The summed E-state index contributed by atoms with van der Waals surface area (Å²) >= 11 is 1.85. The minimum atomic E-state index is 0.802. The van der Waals surface area contributed by atoms with Crippen molar-refractivity contribution >= 4 is 11.3 Å². The van der Waals surface area contributed by atoms with Gasteiger partial charge in [-0.05, 0) is 52.1 Å². The highest BCUT2D eigenvalue weighted by Gasteiger charge is 2.20. The number of rotatable bonds is 4. The molecular formula is C13H23N3S. The molecule has 1 unspecified atom stereocenters. The van der Waals surface area contributed by atoms with Crippen molar-refractivity contribution in [3.05, 3.63) is 15.6 Å². The summed E-state index contributed by atoms with van der Waals surface area (Å²) in [6, 6.07) is 0. The van der Waals surface area contributed by atoms with Gasteiger partial charge in [0.15, 0.2) is 0 Å². The molecule has 2 rings (SSSR count). The second kappa shape index (κ2) is 5.94. The molecule has 0 aromatic carbocycles. The van der Waals surface area contributed by atoms with Gasteiger partial charge in [-0.25, -0.2) is 4.98 Å². The molecule has 0 saturated carbocycles. The number of nitrogens with two attached hydrogens (primary N) is 1. The quantitative estimate of drug-likeness (QED) is 0.895. The van der Waals surface area contributed by atoms with E-state index in [1.54, 1.807) is 0 Å². The van der Waals surface area contributed by atoms with Crippen LogP contribution in [-0.4, -0.2) is 29.5 Å². The summed E-state index contributed by atoms with van der Waals surface area (Å²) in [6.07, 6.45) is 3.84. The molecule has 0 amide bonds. The molecule has 1 saturated heterocycles. The van der Waals surface area contributed by atoms with Gasteiger partial charge >= 0.3 is 0 Å². The summed E-state index contributed by atoms with van der Waals surface area (Å²) in [6.45, 7) is 8.54. The Kier molecular flexibility index (Phi) is 4.54. The molecule has 1 aliphatic heterocycles. The lowest BCUT2D eigenvalue weighted by atomic mass is 9.95. The van der Waals surface area contributed by atoms with Gasteiger partial charge in [0.25, 0.3) is 0 Å². The zero-order valence-corrected chi connectivity index (χ0v) is 11.7. The van der Waals surface area contributed by atoms with E-state index in [2.05, 4.69) is 23.7 Å². The Bertz CT molecular complexity index is 340. The number of hydrogen-bond donors (Lipinski definition) is 1. The van der Waals surface area contributed by atoms with E-state index in [9.17, 15) is 0 Å². The molecule has 1 fully saturated rings. The summed E-state index contributed by atoms with van der Waals surface area (Å²) in [5.74, 6) is 0.802.